The SMILES string of the molecule is CN(CC1NNC2CCCCCC21)C(=O)c1ccc(O)c(Cl)c1. The van der Waals surface area contributed by atoms with Crippen LogP contribution in [-0.4, -0.2) is 41.6 Å². The Balaban J connectivity index is 1.65. The zero-order chi connectivity index (χ0) is 16.4. The number of hydrazine groups is 1. The Bertz CT molecular complexity index is 581. The minimum Gasteiger partial charge on any atom is -0.506 e. The number of phenols is 1. The van der Waals surface area contributed by atoms with Crippen molar-refractivity contribution in [1.29, 1.82) is 0 Å². The minimum absolute atomic E-state index is 0.00572. The number of nitrogens with one attached hydrogen (secondary N) is 2. The average Bonchev–Trinajstić information content (AvgIpc) is 2.77. The first-order valence-corrected chi connectivity index (χ1v) is 8.69. The first kappa shape index (κ1) is 16.6. The molecule has 1 saturated heterocycles. The van der Waals surface area contributed by atoms with E-state index in [1.54, 1.807) is 11.0 Å². The third kappa shape index (κ3) is 3.62. The highest BCUT2D eigenvalue weighted by Gasteiger charge is 2.37. The fourth-order valence-electron chi connectivity index (χ4n) is 3.74. The number of hydrogen-bond donors (Lipinski definition) is 3. The van der Waals surface area contributed by atoms with E-state index in [-0.39, 0.29) is 22.7 Å². The van der Waals surface area contributed by atoms with Gasteiger partial charge in [0, 0.05) is 31.2 Å². The number of rotatable bonds is 3. The first-order valence-electron chi connectivity index (χ1n) is 8.31. The van der Waals surface area contributed by atoms with E-state index in [9.17, 15) is 9.90 Å². The summed E-state index contributed by atoms with van der Waals surface area (Å²) in [4.78, 5) is 14.3. The van der Waals surface area contributed by atoms with Crippen LogP contribution in [0.2, 0.25) is 5.02 Å². The van der Waals surface area contributed by atoms with Crippen LogP contribution in [0.5, 0.6) is 5.75 Å². The zero-order valence-corrected chi connectivity index (χ0v) is 14.1. The lowest BCUT2D eigenvalue weighted by Crippen LogP contribution is -2.43. The van der Waals surface area contributed by atoms with Crippen molar-refractivity contribution in [2.24, 2.45) is 5.92 Å². The summed E-state index contributed by atoms with van der Waals surface area (Å²) in [6.07, 6.45) is 6.28. The highest BCUT2D eigenvalue weighted by molar-refractivity contribution is 6.32. The Morgan fingerprint density at radius 2 is 2.09 bits per heavy atom. The van der Waals surface area contributed by atoms with Gasteiger partial charge in [0.25, 0.3) is 5.91 Å². The number of amides is 1. The van der Waals surface area contributed by atoms with Gasteiger partial charge in [-0.2, -0.15) is 0 Å². The fraction of sp³-hybridized carbons (Fsp3) is 0.588. The number of fused-ring (bicyclic) bond motifs is 1. The van der Waals surface area contributed by atoms with Crippen LogP contribution >= 0.6 is 11.6 Å². The van der Waals surface area contributed by atoms with Gasteiger partial charge >= 0.3 is 0 Å². The summed E-state index contributed by atoms with van der Waals surface area (Å²) >= 11 is 5.90. The largest absolute Gasteiger partial charge is 0.506 e. The number of carbonyl (C=O) groups is 1. The summed E-state index contributed by atoms with van der Waals surface area (Å²) in [5, 5.41) is 9.68. The third-order valence-electron chi connectivity index (χ3n) is 5.05. The molecule has 1 heterocycles. The monoisotopic (exact) mass is 337 g/mol. The Labute approximate surface area is 142 Å². The normalized spacial score (nSPS) is 27.3. The summed E-state index contributed by atoms with van der Waals surface area (Å²) < 4.78 is 0. The van der Waals surface area contributed by atoms with E-state index in [1.165, 1.54) is 44.2 Å². The molecule has 6 heteroatoms. The van der Waals surface area contributed by atoms with Gasteiger partial charge in [0.15, 0.2) is 0 Å². The van der Waals surface area contributed by atoms with E-state index in [0.717, 1.165) is 0 Å². The number of hydrogen-bond acceptors (Lipinski definition) is 4. The summed E-state index contributed by atoms with van der Waals surface area (Å²) in [7, 11) is 1.81. The van der Waals surface area contributed by atoms with E-state index in [2.05, 4.69) is 10.9 Å². The Hall–Kier alpha value is -1.30. The Kier molecular flexibility index (Phi) is 5.09. The standard InChI is InChI=1S/C17H24ClN3O2/c1-21(17(23)11-7-8-16(22)13(18)9-11)10-15-12-5-3-2-4-6-14(12)19-20-15/h7-9,12,14-15,19-20,22H,2-6,10H2,1H3. The van der Waals surface area contributed by atoms with Gasteiger partial charge in [-0.1, -0.05) is 30.9 Å². The van der Waals surface area contributed by atoms with Gasteiger partial charge in [0.1, 0.15) is 5.75 Å². The van der Waals surface area contributed by atoms with Crippen molar-refractivity contribution in [1.82, 2.24) is 15.8 Å². The lowest BCUT2D eigenvalue weighted by molar-refractivity contribution is 0.0774. The molecule has 2 aliphatic rings. The van der Waals surface area contributed by atoms with Crippen LogP contribution in [0.4, 0.5) is 0 Å². The summed E-state index contributed by atoms with van der Waals surface area (Å²) in [6, 6.07) is 5.38. The highest BCUT2D eigenvalue weighted by atomic mass is 35.5. The molecule has 1 aliphatic heterocycles. The predicted octanol–water partition coefficient (Wildman–Crippen LogP) is 2.54. The summed E-state index contributed by atoms with van der Waals surface area (Å²) in [5.41, 5.74) is 7.28. The number of benzene rings is 1. The number of aromatic hydroxyl groups is 1. The second kappa shape index (κ2) is 7.07. The molecule has 0 aromatic heterocycles. The predicted molar refractivity (Wildman–Crippen MR) is 90.5 cm³/mol. The van der Waals surface area contributed by atoms with Crippen LogP contribution in [-0.2, 0) is 0 Å². The topological polar surface area (TPSA) is 64.6 Å². The smallest absolute Gasteiger partial charge is 0.253 e. The van der Waals surface area contributed by atoms with Crippen LogP contribution in [0, 0.1) is 5.92 Å². The molecule has 0 spiro atoms. The van der Waals surface area contributed by atoms with Crippen molar-refractivity contribution in [3.8, 4) is 5.75 Å². The maximum absolute atomic E-state index is 12.6. The molecule has 3 N–H and O–H groups in total. The maximum atomic E-state index is 12.6. The van der Waals surface area contributed by atoms with Gasteiger partial charge in [-0.15, -0.1) is 0 Å². The molecule has 3 rings (SSSR count). The van der Waals surface area contributed by atoms with Gasteiger partial charge in [-0.25, -0.2) is 0 Å². The van der Waals surface area contributed by atoms with Crippen LogP contribution in [0.1, 0.15) is 42.5 Å². The summed E-state index contributed by atoms with van der Waals surface area (Å²) in [6.45, 7) is 0.658. The molecular weight excluding hydrogens is 314 g/mol. The van der Waals surface area contributed by atoms with E-state index in [4.69, 9.17) is 11.6 Å². The maximum Gasteiger partial charge on any atom is 0.253 e. The van der Waals surface area contributed by atoms with Crippen LogP contribution in [0.25, 0.3) is 0 Å². The lowest BCUT2D eigenvalue weighted by Gasteiger charge is -2.26. The van der Waals surface area contributed by atoms with E-state index in [1.807, 2.05) is 7.05 Å². The van der Waals surface area contributed by atoms with Gasteiger partial charge in [-0.05, 0) is 37.0 Å². The number of carbonyl (C=O) groups excluding carboxylic acids is 1. The first-order chi connectivity index (χ1) is 11.1. The molecule has 1 aliphatic carbocycles. The Morgan fingerprint density at radius 3 is 2.87 bits per heavy atom. The van der Waals surface area contributed by atoms with Crippen molar-refractivity contribution in [3.05, 3.63) is 28.8 Å². The average molecular weight is 338 g/mol. The number of nitrogens with zero attached hydrogens (tertiary/aromatic N) is 1. The van der Waals surface area contributed by atoms with Crippen LogP contribution < -0.4 is 10.9 Å². The molecule has 2 fully saturated rings. The van der Waals surface area contributed by atoms with Gasteiger partial charge in [-0.3, -0.25) is 15.6 Å². The van der Waals surface area contributed by atoms with Crippen molar-refractivity contribution in [2.45, 2.75) is 44.2 Å². The molecule has 1 aromatic rings. The molecule has 0 radical (unpaired) electrons. The second-order valence-electron chi connectivity index (χ2n) is 6.66. The van der Waals surface area contributed by atoms with Crippen LogP contribution in [0.15, 0.2) is 18.2 Å². The highest BCUT2D eigenvalue weighted by Crippen LogP contribution is 2.30. The zero-order valence-electron chi connectivity index (χ0n) is 13.4. The van der Waals surface area contributed by atoms with Gasteiger partial charge in [0.05, 0.1) is 5.02 Å². The molecule has 0 bridgehead atoms. The number of phenolic OH excluding ortho intramolecular Hbond substituents is 1. The van der Waals surface area contributed by atoms with Gasteiger partial charge < -0.3 is 10.0 Å². The lowest BCUT2D eigenvalue weighted by atomic mass is 9.90. The van der Waals surface area contributed by atoms with Gasteiger partial charge in [0.2, 0.25) is 0 Å². The van der Waals surface area contributed by atoms with Crippen LogP contribution in [0.3, 0.4) is 0 Å². The molecule has 23 heavy (non-hydrogen) atoms. The third-order valence-corrected chi connectivity index (χ3v) is 5.35. The van der Waals surface area contributed by atoms with Crippen molar-refractivity contribution in [2.75, 3.05) is 13.6 Å². The second-order valence-corrected chi connectivity index (χ2v) is 7.06. The molecule has 3 unspecified atom stereocenters. The van der Waals surface area contributed by atoms with E-state index < -0.39 is 0 Å². The van der Waals surface area contributed by atoms with Crippen molar-refractivity contribution < 1.29 is 9.90 Å². The molecule has 1 aromatic carbocycles. The van der Waals surface area contributed by atoms with Crippen molar-refractivity contribution >= 4 is 17.5 Å². The Morgan fingerprint density at radius 1 is 1.30 bits per heavy atom. The number of likely N-dealkylation sites (N-methyl/N-ethyl adjacent to an activating group) is 1. The van der Waals surface area contributed by atoms with E-state index in [0.29, 0.717) is 24.1 Å². The van der Waals surface area contributed by atoms with Crippen molar-refractivity contribution in [3.63, 3.8) is 0 Å². The quantitative estimate of drug-likeness (QED) is 0.793. The molecule has 126 valence electrons. The summed E-state index contributed by atoms with van der Waals surface area (Å²) in [5.74, 6) is 0.496. The molecule has 5 nitrogen and oxygen atoms in total. The molecular formula is C17H24ClN3O2. The molecule has 3 atom stereocenters. The number of halogens is 1. The fourth-order valence-corrected chi connectivity index (χ4v) is 3.92. The minimum atomic E-state index is -0.0780. The molecule has 1 amide bonds. The van der Waals surface area contributed by atoms with E-state index >= 15 is 0 Å². The molecule has 1 saturated carbocycles.